The monoisotopic (exact) mass is 352 g/mol. The Morgan fingerprint density at radius 2 is 2.18 bits per heavy atom. The number of rotatable bonds is 6. The molecule has 0 aromatic heterocycles. The minimum atomic E-state index is -1.25. The number of hydrogen-bond acceptors (Lipinski definition) is 6. The predicted octanol–water partition coefficient (Wildman–Crippen LogP) is -3.79. The Labute approximate surface area is 160 Å². The Balaban J connectivity index is 0.00000242. The zero-order chi connectivity index (χ0) is 15.8. The fourth-order valence-electron chi connectivity index (χ4n) is 2.58. The molecule has 0 radical (unpaired) electrons. The van der Waals surface area contributed by atoms with Gasteiger partial charge in [0.1, 0.15) is 11.4 Å². The number of carboxylic acid groups (broad SMARTS) is 1. The molecule has 2 saturated heterocycles. The van der Waals surface area contributed by atoms with Crippen molar-refractivity contribution in [1.29, 1.82) is 0 Å². The van der Waals surface area contributed by atoms with E-state index in [9.17, 15) is 19.5 Å². The van der Waals surface area contributed by atoms with Gasteiger partial charge in [-0.2, -0.15) is 0 Å². The Bertz CT molecular complexity index is 500. The van der Waals surface area contributed by atoms with Gasteiger partial charge in [0.05, 0.1) is 17.8 Å². The molecule has 2 aliphatic rings. The maximum atomic E-state index is 12.1. The first-order valence-corrected chi connectivity index (χ1v) is 8.52. The summed E-state index contributed by atoms with van der Waals surface area (Å²) >= 11 is 2.79. The van der Waals surface area contributed by atoms with Gasteiger partial charge in [0, 0.05) is 10.5 Å². The van der Waals surface area contributed by atoms with Crippen LogP contribution in [0.5, 0.6) is 0 Å². The van der Waals surface area contributed by atoms with Gasteiger partial charge in [0.2, 0.25) is 11.8 Å². The second-order valence-electron chi connectivity index (χ2n) is 5.43. The fraction of sp³-hybridized carbons (Fsp3) is 0.615. The Kier molecular flexibility index (Phi) is 6.88. The number of thioether (sulfide) groups is 2. The van der Waals surface area contributed by atoms with E-state index in [1.165, 1.54) is 28.4 Å². The molecule has 2 amide bonds. The standard InChI is InChI=1S/C13H18N2O4S2.Na/c1-4-5-20-6-7(16)14-8-10(17)15-9(12(18)19)13(2,3)21-11(8)15;/h4,8-9,11H,1,5-6H2,2-3H3,(H,14,16)(H,18,19);/q;+1/p-1. The van der Waals surface area contributed by atoms with Gasteiger partial charge >= 0.3 is 29.6 Å². The third kappa shape index (κ3) is 3.67. The van der Waals surface area contributed by atoms with Crippen LogP contribution in [-0.4, -0.2) is 56.4 Å². The summed E-state index contributed by atoms with van der Waals surface area (Å²) in [6.45, 7) is 7.10. The molecule has 9 heteroatoms. The van der Waals surface area contributed by atoms with Crippen LogP contribution in [0.25, 0.3) is 0 Å². The van der Waals surface area contributed by atoms with E-state index in [1.54, 1.807) is 19.9 Å². The maximum absolute atomic E-state index is 12.1. The molecule has 6 nitrogen and oxygen atoms in total. The van der Waals surface area contributed by atoms with Crippen molar-refractivity contribution < 1.29 is 49.0 Å². The maximum Gasteiger partial charge on any atom is 1.00 e. The van der Waals surface area contributed by atoms with Crippen LogP contribution in [-0.2, 0) is 14.4 Å². The van der Waals surface area contributed by atoms with Crippen molar-refractivity contribution in [2.45, 2.75) is 36.1 Å². The Morgan fingerprint density at radius 1 is 1.55 bits per heavy atom. The molecule has 1 N–H and O–H groups in total. The molecule has 116 valence electrons. The van der Waals surface area contributed by atoms with Crippen molar-refractivity contribution in [2.75, 3.05) is 11.5 Å². The van der Waals surface area contributed by atoms with E-state index in [0.29, 0.717) is 5.75 Å². The summed E-state index contributed by atoms with van der Waals surface area (Å²) in [5.74, 6) is -0.921. The zero-order valence-corrected chi connectivity index (χ0v) is 16.5. The average Bonchev–Trinajstić information content (AvgIpc) is 2.65. The number of fused-ring (bicyclic) bond motifs is 1. The van der Waals surface area contributed by atoms with Crippen molar-refractivity contribution in [2.24, 2.45) is 0 Å². The van der Waals surface area contributed by atoms with Crippen LogP contribution in [0, 0.1) is 0 Å². The second-order valence-corrected chi connectivity index (χ2v) is 8.23. The van der Waals surface area contributed by atoms with Crippen LogP contribution in [0.2, 0.25) is 0 Å². The third-order valence-electron chi connectivity index (χ3n) is 3.45. The largest absolute Gasteiger partial charge is 1.00 e. The van der Waals surface area contributed by atoms with Gasteiger partial charge in [-0.3, -0.25) is 9.59 Å². The number of aliphatic carboxylic acids is 1. The number of carbonyl (C=O) groups is 3. The van der Waals surface area contributed by atoms with Crippen molar-refractivity contribution in [3.05, 3.63) is 12.7 Å². The quantitative estimate of drug-likeness (QED) is 0.228. The molecule has 0 saturated carbocycles. The SMILES string of the molecule is C=CCSCC(=O)NC1C(=O)N2C1SC(C)(C)C2C(=O)[O-].[Na+]. The van der Waals surface area contributed by atoms with Crippen molar-refractivity contribution in [3.8, 4) is 0 Å². The van der Waals surface area contributed by atoms with Crippen LogP contribution in [0.1, 0.15) is 13.8 Å². The smallest absolute Gasteiger partial charge is 0.548 e. The molecule has 3 atom stereocenters. The van der Waals surface area contributed by atoms with Crippen LogP contribution >= 0.6 is 23.5 Å². The van der Waals surface area contributed by atoms with Crippen LogP contribution in [0.4, 0.5) is 0 Å². The molecule has 2 heterocycles. The number of carboxylic acids is 1. The van der Waals surface area contributed by atoms with Gasteiger partial charge < -0.3 is 20.1 Å². The molecule has 0 spiro atoms. The van der Waals surface area contributed by atoms with E-state index in [-0.39, 0.29) is 52.5 Å². The number of carbonyl (C=O) groups excluding carboxylic acids is 3. The molecule has 0 aliphatic carbocycles. The molecule has 0 aromatic rings. The number of amides is 2. The average molecular weight is 352 g/mol. The molecule has 22 heavy (non-hydrogen) atoms. The summed E-state index contributed by atoms with van der Waals surface area (Å²) in [7, 11) is 0. The molecular weight excluding hydrogens is 335 g/mol. The number of hydrogen-bond donors (Lipinski definition) is 1. The summed E-state index contributed by atoms with van der Waals surface area (Å²) in [6.07, 6.45) is 1.70. The van der Waals surface area contributed by atoms with Gasteiger partial charge in [0.15, 0.2) is 0 Å². The molecular formula is C13H17N2NaO4S2. The Morgan fingerprint density at radius 3 is 2.73 bits per heavy atom. The topological polar surface area (TPSA) is 89.5 Å². The minimum Gasteiger partial charge on any atom is -0.548 e. The molecule has 3 unspecified atom stereocenters. The predicted molar refractivity (Wildman–Crippen MR) is 80.6 cm³/mol. The van der Waals surface area contributed by atoms with E-state index < -0.39 is 22.8 Å². The van der Waals surface area contributed by atoms with Gasteiger partial charge in [-0.1, -0.05) is 6.08 Å². The van der Waals surface area contributed by atoms with Gasteiger partial charge in [0.25, 0.3) is 0 Å². The normalized spacial score (nSPS) is 28.2. The van der Waals surface area contributed by atoms with Crippen LogP contribution in [0.15, 0.2) is 12.7 Å². The third-order valence-corrected chi connectivity index (χ3v) is 5.96. The summed E-state index contributed by atoms with van der Waals surface area (Å²) < 4.78 is -0.629. The number of nitrogens with one attached hydrogen (secondary N) is 1. The number of nitrogens with zero attached hydrogens (tertiary/aromatic N) is 1. The summed E-state index contributed by atoms with van der Waals surface area (Å²) in [5.41, 5.74) is 0. The van der Waals surface area contributed by atoms with Gasteiger partial charge in [-0.05, 0) is 13.8 Å². The van der Waals surface area contributed by atoms with E-state index in [0.717, 1.165) is 0 Å². The van der Waals surface area contributed by atoms with Crippen LogP contribution in [0.3, 0.4) is 0 Å². The first-order chi connectivity index (χ1) is 9.79. The summed E-state index contributed by atoms with van der Waals surface area (Å²) in [4.78, 5) is 36.4. The molecule has 2 aliphatic heterocycles. The first kappa shape index (κ1) is 19.9. The Hall–Kier alpha value is -0.150. The summed E-state index contributed by atoms with van der Waals surface area (Å²) in [6, 6.07) is -1.60. The minimum absolute atomic E-state index is 0. The van der Waals surface area contributed by atoms with Crippen LogP contribution < -0.4 is 40.0 Å². The first-order valence-electron chi connectivity index (χ1n) is 6.48. The molecule has 0 aromatic carbocycles. The zero-order valence-electron chi connectivity index (χ0n) is 12.8. The fourth-order valence-corrected chi connectivity index (χ4v) is 4.75. The number of β-lactam (4-membered cyclic amide) rings is 1. The van der Waals surface area contributed by atoms with Crippen molar-refractivity contribution in [1.82, 2.24) is 10.2 Å². The van der Waals surface area contributed by atoms with Gasteiger partial charge in [-0.15, -0.1) is 30.1 Å². The van der Waals surface area contributed by atoms with E-state index >= 15 is 0 Å². The van der Waals surface area contributed by atoms with E-state index in [4.69, 9.17) is 0 Å². The summed E-state index contributed by atoms with van der Waals surface area (Å²) in [5, 5.41) is 13.6. The van der Waals surface area contributed by atoms with E-state index in [1.807, 2.05) is 0 Å². The van der Waals surface area contributed by atoms with Crippen molar-refractivity contribution in [3.63, 3.8) is 0 Å². The van der Waals surface area contributed by atoms with Gasteiger partial charge in [-0.25, -0.2) is 0 Å². The van der Waals surface area contributed by atoms with Crippen molar-refractivity contribution >= 4 is 41.3 Å². The van der Waals surface area contributed by atoms with E-state index in [2.05, 4.69) is 11.9 Å². The second kappa shape index (κ2) is 7.61. The molecule has 2 rings (SSSR count). The molecule has 2 fully saturated rings. The molecule has 0 bridgehead atoms.